The highest BCUT2D eigenvalue weighted by atomic mass is 32.2. The Hall–Kier alpha value is -3.02. The molecule has 6 nitrogen and oxygen atoms in total. The number of rotatable bonds is 3. The van der Waals surface area contributed by atoms with Crippen LogP contribution in [0.2, 0.25) is 0 Å². The van der Waals surface area contributed by atoms with Crippen molar-refractivity contribution in [3.8, 4) is 6.07 Å². The first-order valence-electron chi connectivity index (χ1n) is 10.1. The van der Waals surface area contributed by atoms with Crippen molar-refractivity contribution in [2.75, 3.05) is 31.1 Å². The van der Waals surface area contributed by atoms with Crippen molar-refractivity contribution < 1.29 is 12.8 Å². The van der Waals surface area contributed by atoms with Crippen molar-refractivity contribution >= 4 is 26.6 Å². The molecule has 4 rings (SSSR count). The van der Waals surface area contributed by atoms with E-state index in [1.54, 1.807) is 6.20 Å². The molecule has 0 bridgehead atoms. The van der Waals surface area contributed by atoms with Crippen molar-refractivity contribution in [3.05, 3.63) is 65.1 Å². The molecule has 1 saturated heterocycles. The van der Waals surface area contributed by atoms with E-state index in [-0.39, 0.29) is 11.4 Å². The van der Waals surface area contributed by atoms with E-state index in [0.29, 0.717) is 31.6 Å². The molecule has 0 aliphatic carbocycles. The van der Waals surface area contributed by atoms with E-state index in [1.807, 2.05) is 19.9 Å². The second-order valence-electron chi connectivity index (χ2n) is 7.81. The Balaban J connectivity index is 1.69. The van der Waals surface area contributed by atoms with Crippen molar-refractivity contribution in [3.63, 3.8) is 0 Å². The fraction of sp³-hybridized carbons (Fsp3) is 0.304. The Labute approximate surface area is 181 Å². The van der Waals surface area contributed by atoms with Gasteiger partial charge < -0.3 is 4.90 Å². The van der Waals surface area contributed by atoms with Gasteiger partial charge >= 0.3 is 0 Å². The highest BCUT2D eigenvalue weighted by molar-refractivity contribution is 7.89. The number of sulfonamides is 1. The average Bonchev–Trinajstić information content (AvgIpc) is 2.99. The molecule has 160 valence electrons. The van der Waals surface area contributed by atoms with Crippen molar-refractivity contribution in [2.24, 2.45) is 0 Å². The summed E-state index contributed by atoms with van der Waals surface area (Å²) in [6.07, 6.45) is 2.21. The predicted octanol–water partition coefficient (Wildman–Crippen LogP) is 3.76. The number of hydrogen-bond donors (Lipinski definition) is 0. The molecule has 2 heterocycles. The van der Waals surface area contributed by atoms with Gasteiger partial charge in [-0.15, -0.1) is 0 Å². The molecule has 31 heavy (non-hydrogen) atoms. The van der Waals surface area contributed by atoms with E-state index in [1.165, 1.54) is 16.4 Å². The van der Waals surface area contributed by atoms with Gasteiger partial charge in [0.1, 0.15) is 11.9 Å². The van der Waals surface area contributed by atoms with Crippen LogP contribution in [0, 0.1) is 31.0 Å². The van der Waals surface area contributed by atoms with Crippen molar-refractivity contribution in [1.82, 2.24) is 9.29 Å². The topological polar surface area (TPSA) is 77.3 Å². The fourth-order valence-corrected chi connectivity index (χ4v) is 5.65. The summed E-state index contributed by atoms with van der Waals surface area (Å²) < 4.78 is 40.8. The zero-order chi connectivity index (χ0) is 22.2. The molecule has 8 heteroatoms. The largest absolute Gasteiger partial charge is 0.368 e. The summed E-state index contributed by atoms with van der Waals surface area (Å²) in [5.41, 5.74) is 4.25. The lowest BCUT2D eigenvalue weighted by molar-refractivity contribution is 0.433. The second-order valence-corrected chi connectivity index (χ2v) is 9.75. The van der Waals surface area contributed by atoms with Gasteiger partial charge in [-0.1, -0.05) is 11.6 Å². The van der Waals surface area contributed by atoms with Gasteiger partial charge in [0.05, 0.1) is 21.7 Å². The molecule has 3 aromatic rings. The number of pyridine rings is 1. The first-order valence-corrected chi connectivity index (χ1v) is 11.6. The standard InChI is InChI=1S/C23H23FN4O2S/c1-16-12-17(2)22-21(13-16)23(18(14-25)15-26-22)27-8-3-9-28(11-10-27)31(29,30)20-6-4-19(24)5-7-20/h4-7,12-13,15H,3,8-11H2,1-2H3. The maximum Gasteiger partial charge on any atom is 0.243 e. The Morgan fingerprint density at radius 3 is 2.52 bits per heavy atom. The molecule has 0 amide bonds. The molecule has 1 aliphatic rings. The Morgan fingerprint density at radius 2 is 1.81 bits per heavy atom. The van der Waals surface area contributed by atoms with Crippen LogP contribution in [0.15, 0.2) is 47.5 Å². The zero-order valence-corrected chi connectivity index (χ0v) is 18.3. The predicted molar refractivity (Wildman–Crippen MR) is 118 cm³/mol. The smallest absolute Gasteiger partial charge is 0.243 e. The number of anilines is 1. The second kappa shape index (κ2) is 8.25. The maximum absolute atomic E-state index is 13.2. The fourth-order valence-electron chi connectivity index (χ4n) is 4.18. The molecule has 0 unspecified atom stereocenters. The van der Waals surface area contributed by atoms with Crippen LogP contribution in [0.3, 0.4) is 0 Å². The van der Waals surface area contributed by atoms with E-state index >= 15 is 0 Å². The minimum absolute atomic E-state index is 0.0840. The summed E-state index contributed by atoms with van der Waals surface area (Å²) in [7, 11) is -3.72. The maximum atomic E-state index is 13.2. The van der Waals surface area contributed by atoms with E-state index in [4.69, 9.17) is 0 Å². The van der Waals surface area contributed by atoms with E-state index in [9.17, 15) is 18.1 Å². The lowest BCUT2D eigenvalue weighted by Crippen LogP contribution is -2.35. The Kier molecular flexibility index (Phi) is 5.65. The van der Waals surface area contributed by atoms with Gasteiger partial charge in [0, 0.05) is 37.8 Å². The Bertz CT molecular complexity index is 1280. The van der Waals surface area contributed by atoms with E-state index < -0.39 is 15.8 Å². The number of nitriles is 1. The van der Waals surface area contributed by atoms with E-state index in [2.05, 4.69) is 22.0 Å². The third-order valence-corrected chi connectivity index (χ3v) is 7.53. The van der Waals surface area contributed by atoms with Gasteiger partial charge in [-0.05, 0) is 56.2 Å². The molecule has 0 atom stereocenters. The number of fused-ring (bicyclic) bond motifs is 1. The van der Waals surface area contributed by atoms with Crippen LogP contribution >= 0.6 is 0 Å². The first kappa shape index (κ1) is 21.2. The van der Waals surface area contributed by atoms with Gasteiger partial charge in [-0.3, -0.25) is 4.98 Å². The van der Waals surface area contributed by atoms with Crippen LogP contribution in [0.5, 0.6) is 0 Å². The van der Waals surface area contributed by atoms with Gasteiger partial charge in [0.25, 0.3) is 0 Å². The highest BCUT2D eigenvalue weighted by Crippen LogP contribution is 2.33. The van der Waals surface area contributed by atoms with Gasteiger partial charge in [0.15, 0.2) is 0 Å². The summed E-state index contributed by atoms with van der Waals surface area (Å²) in [6.45, 7) is 5.71. The molecule has 1 fully saturated rings. The zero-order valence-electron chi connectivity index (χ0n) is 17.5. The molecular weight excluding hydrogens is 415 g/mol. The number of nitrogens with zero attached hydrogens (tertiary/aromatic N) is 4. The molecule has 0 saturated carbocycles. The molecule has 2 aromatic carbocycles. The molecule has 1 aliphatic heterocycles. The van der Waals surface area contributed by atoms with Crippen molar-refractivity contribution in [1.29, 1.82) is 5.26 Å². The monoisotopic (exact) mass is 438 g/mol. The minimum Gasteiger partial charge on any atom is -0.368 e. The van der Waals surface area contributed by atoms with Crippen LogP contribution < -0.4 is 4.90 Å². The van der Waals surface area contributed by atoms with Crippen LogP contribution in [-0.4, -0.2) is 43.9 Å². The highest BCUT2D eigenvalue weighted by Gasteiger charge is 2.28. The summed E-state index contributed by atoms with van der Waals surface area (Å²) in [6, 6.07) is 11.2. The van der Waals surface area contributed by atoms with E-state index in [0.717, 1.165) is 39.8 Å². The first-order chi connectivity index (χ1) is 14.8. The number of aromatic nitrogens is 1. The van der Waals surface area contributed by atoms with Crippen molar-refractivity contribution in [2.45, 2.75) is 25.2 Å². The van der Waals surface area contributed by atoms with Crippen LogP contribution in [0.25, 0.3) is 10.9 Å². The van der Waals surface area contributed by atoms with Crippen LogP contribution in [-0.2, 0) is 10.0 Å². The van der Waals surface area contributed by atoms with Gasteiger partial charge in [-0.25, -0.2) is 12.8 Å². The number of halogens is 1. The third-order valence-electron chi connectivity index (χ3n) is 5.62. The lowest BCUT2D eigenvalue weighted by atomic mass is 10.0. The summed E-state index contributed by atoms with van der Waals surface area (Å²) >= 11 is 0. The number of benzene rings is 2. The lowest BCUT2D eigenvalue weighted by Gasteiger charge is -2.26. The van der Waals surface area contributed by atoms with Gasteiger partial charge in [0.2, 0.25) is 10.0 Å². The minimum atomic E-state index is -3.72. The molecular formula is C23H23FN4O2S. The quantitative estimate of drug-likeness (QED) is 0.622. The van der Waals surface area contributed by atoms with Crippen LogP contribution in [0.1, 0.15) is 23.1 Å². The molecule has 0 spiro atoms. The van der Waals surface area contributed by atoms with Crippen LogP contribution in [0.4, 0.5) is 10.1 Å². The SMILES string of the molecule is Cc1cc(C)c2ncc(C#N)c(N3CCCN(S(=O)(=O)c4ccc(F)cc4)CC3)c2c1. The molecule has 0 N–H and O–H groups in total. The average molecular weight is 439 g/mol. The summed E-state index contributed by atoms with van der Waals surface area (Å²) in [5.74, 6) is -0.472. The molecule has 1 aromatic heterocycles. The van der Waals surface area contributed by atoms with Gasteiger partial charge in [-0.2, -0.15) is 9.57 Å². The summed E-state index contributed by atoms with van der Waals surface area (Å²) in [4.78, 5) is 6.66. The summed E-state index contributed by atoms with van der Waals surface area (Å²) in [5, 5.41) is 10.6. The Morgan fingerprint density at radius 1 is 1.06 bits per heavy atom. The normalized spacial score (nSPS) is 15.6. The number of aryl methyl sites for hydroxylation is 2. The molecule has 0 radical (unpaired) electrons. The number of hydrogen-bond acceptors (Lipinski definition) is 5. The third kappa shape index (κ3) is 3.99.